The van der Waals surface area contributed by atoms with Gasteiger partial charge in [-0.15, -0.1) is 0 Å². The number of nitrogens with zero attached hydrogens (tertiary/aromatic N) is 2. The third kappa shape index (κ3) is 3.69. The quantitative estimate of drug-likeness (QED) is 0.378. The summed E-state index contributed by atoms with van der Waals surface area (Å²) in [6.07, 6.45) is 0. The van der Waals surface area contributed by atoms with Crippen molar-refractivity contribution in [1.82, 2.24) is 4.90 Å². The molecule has 0 saturated heterocycles. The summed E-state index contributed by atoms with van der Waals surface area (Å²) in [5.41, 5.74) is 6.48. The molecule has 0 aliphatic carbocycles. The lowest BCUT2D eigenvalue weighted by Gasteiger charge is -2.19. The van der Waals surface area contributed by atoms with Crippen molar-refractivity contribution in [1.29, 1.82) is 0 Å². The summed E-state index contributed by atoms with van der Waals surface area (Å²) in [5.74, 6) is -0.898. The van der Waals surface area contributed by atoms with Gasteiger partial charge in [0.25, 0.3) is 0 Å². The van der Waals surface area contributed by atoms with Crippen LogP contribution in [-0.4, -0.2) is 27.8 Å². The van der Waals surface area contributed by atoms with Crippen molar-refractivity contribution >= 4 is 29.3 Å². The fraction of sp³-hybridized carbons (Fsp3) is 0.250. The number of carbonyl (C=O) groups excluding carboxylic acids is 2. The number of benzene rings is 1. The normalized spacial score (nSPS) is 11.2. The zero-order valence-electron chi connectivity index (χ0n) is 10.6. The van der Waals surface area contributed by atoms with Crippen LogP contribution in [0, 0.1) is 0 Å². The van der Waals surface area contributed by atoms with Crippen LogP contribution >= 0.6 is 11.6 Å². The molecule has 7 heteroatoms. The maximum atomic E-state index is 11.4. The number of halogens is 1. The van der Waals surface area contributed by atoms with Gasteiger partial charge in [0.2, 0.25) is 11.8 Å². The Bertz CT molecular complexity index is 529. The van der Waals surface area contributed by atoms with Crippen LogP contribution in [0.5, 0.6) is 0 Å². The Labute approximate surface area is 115 Å². The number of oxime groups is 1. The van der Waals surface area contributed by atoms with Crippen LogP contribution < -0.4 is 5.73 Å². The average molecular weight is 284 g/mol. The maximum Gasteiger partial charge on any atom is 0.226 e. The van der Waals surface area contributed by atoms with Crippen LogP contribution in [0.2, 0.25) is 5.02 Å². The molecule has 6 nitrogen and oxygen atoms in total. The van der Waals surface area contributed by atoms with E-state index in [0.717, 1.165) is 4.90 Å². The molecular formula is C12H14ClN3O3. The lowest BCUT2D eigenvalue weighted by molar-refractivity contribution is -0.142. The third-order valence-corrected chi connectivity index (χ3v) is 2.78. The molecule has 0 heterocycles. The minimum absolute atomic E-state index is 0.0351. The first-order chi connectivity index (χ1) is 8.86. The van der Waals surface area contributed by atoms with Crippen molar-refractivity contribution in [3.63, 3.8) is 0 Å². The first-order valence-electron chi connectivity index (χ1n) is 5.41. The molecule has 3 N–H and O–H groups in total. The summed E-state index contributed by atoms with van der Waals surface area (Å²) < 4.78 is 0. The van der Waals surface area contributed by atoms with Gasteiger partial charge in [0.15, 0.2) is 5.84 Å². The van der Waals surface area contributed by atoms with E-state index in [1.807, 2.05) is 0 Å². The highest BCUT2D eigenvalue weighted by molar-refractivity contribution is 6.31. The van der Waals surface area contributed by atoms with Crippen molar-refractivity contribution in [2.24, 2.45) is 10.9 Å². The largest absolute Gasteiger partial charge is 0.409 e. The van der Waals surface area contributed by atoms with Gasteiger partial charge < -0.3 is 10.9 Å². The zero-order chi connectivity index (χ0) is 14.6. The Hall–Kier alpha value is -2.08. The van der Waals surface area contributed by atoms with E-state index in [2.05, 4.69) is 5.16 Å². The van der Waals surface area contributed by atoms with Gasteiger partial charge in [-0.3, -0.25) is 14.5 Å². The third-order valence-electron chi connectivity index (χ3n) is 2.54. The monoisotopic (exact) mass is 283 g/mol. The topological polar surface area (TPSA) is 96.0 Å². The zero-order valence-corrected chi connectivity index (χ0v) is 11.3. The molecule has 0 spiro atoms. The van der Waals surface area contributed by atoms with Crippen molar-refractivity contribution < 1.29 is 14.8 Å². The fourth-order valence-corrected chi connectivity index (χ4v) is 1.77. The molecule has 0 radical (unpaired) electrons. The van der Waals surface area contributed by atoms with E-state index in [0.29, 0.717) is 16.1 Å². The number of hydrogen-bond acceptors (Lipinski definition) is 4. The molecule has 0 aliphatic rings. The first-order valence-corrected chi connectivity index (χ1v) is 5.79. The highest BCUT2D eigenvalue weighted by Gasteiger charge is 2.17. The summed E-state index contributed by atoms with van der Waals surface area (Å²) in [4.78, 5) is 23.8. The van der Waals surface area contributed by atoms with Crippen molar-refractivity contribution in [2.75, 3.05) is 0 Å². The van der Waals surface area contributed by atoms with E-state index in [1.54, 1.807) is 12.1 Å². The molecule has 0 unspecified atom stereocenters. The van der Waals surface area contributed by atoms with E-state index in [4.69, 9.17) is 22.5 Å². The summed E-state index contributed by atoms with van der Waals surface area (Å²) >= 11 is 5.84. The van der Waals surface area contributed by atoms with Crippen LogP contribution in [0.15, 0.2) is 23.4 Å². The Balaban J connectivity index is 3.20. The Morgan fingerprint density at radius 2 is 1.95 bits per heavy atom. The van der Waals surface area contributed by atoms with E-state index in [-0.39, 0.29) is 24.2 Å². The Morgan fingerprint density at radius 1 is 1.37 bits per heavy atom. The molecule has 0 saturated carbocycles. The van der Waals surface area contributed by atoms with E-state index in [1.165, 1.54) is 19.9 Å². The average Bonchev–Trinajstić information content (AvgIpc) is 2.35. The summed E-state index contributed by atoms with van der Waals surface area (Å²) in [5, 5.41) is 12.0. The van der Waals surface area contributed by atoms with Gasteiger partial charge in [-0.05, 0) is 17.7 Å². The number of rotatable bonds is 3. The predicted octanol–water partition coefficient (Wildman–Crippen LogP) is 1.33. The number of hydrogen-bond donors (Lipinski definition) is 2. The maximum absolute atomic E-state index is 11.4. The van der Waals surface area contributed by atoms with Crippen molar-refractivity contribution in [2.45, 2.75) is 20.4 Å². The van der Waals surface area contributed by atoms with Crippen molar-refractivity contribution in [3.8, 4) is 0 Å². The van der Waals surface area contributed by atoms with Gasteiger partial charge in [-0.25, -0.2) is 0 Å². The summed E-state index contributed by atoms with van der Waals surface area (Å²) in [7, 11) is 0. The predicted molar refractivity (Wildman–Crippen MR) is 70.9 cm³/mol. The van der Waals surface area contributed by atoms with Gasteiger partial charge >= 0.3 is 0 Å². The lowest BCUT2D eigenvalue weighted by atomic mass is 10.1. The molecule has 1 aromatic carbocycles. The lowest BCUT2D eigenvalue weighted by Crippen LogP contribution is -2.33. The van der Waals surface area contributed by atoms with Gasteiger partial charge in [-0.1, -0.05) is 22.8 Å². The number of carbonyl (C=O) groups is 2. The van der Waals surface area contributed by atoms with Crippen LogP contribution in [0.4, 0.5) is 0 Å². The number of nitrogens with two attached hydrogens (primary N) is 1. The first kappa shape index (κ1) is 15.0. The van der Waals surface area contributed by atoms with Crippen LogP contribution in [0.3, 0.4) is 0 Å². The molecule has 2 amide bonds. The molecular weight excluding hydrogens is 270 g/mol. The van der Waals surface area contributed by atoms with Gasteiger partial charge in [0.05, 0.1) is 6.54 Å². The minimum atomic E-state index is -0.382. The molecule has 1 rings (SSSR count). The van der Waals surface area contributed by atoms with Crippen molar-refractivity contribution in [3.05, 3.63) is 34.3 Å². The highest BCUT2D eigenvalue weighted by Crippen LogP contribution is 2.18. The van der Waals surface area contributed by atoms with Crippen LogP contribution in [0.25, 0.3) is 0 Å². The molecule has 19 heavy (non-hydrogen) atoms. The molecule has 102 valence electrons. The molecule has 1 aromatic rings. The molecule has 0 atom stereocenters. The highest BCUT2D eigenvalue weighted by atomic mass is 35.5. The number of amidine groups is 1. The molecule has 0 aliphatic heterocycles. The second kappa shape index (κ2) is 6.19. The standard InChI is InChI=1S/C12H14ClN3O3/c1-7(17)16(8(2)18)6-9-3-4-10(13)5-11(9)12(14)15-19/h3-5,19H,6H2,1-2H3,(H2,14,15). The molecule has 0 aromatic heterocycles. The second-order valence-corrected chi connectivity index (χ2v) is 4.35. The van der Waals surface area contributed by atoms with Gasteiger partial charge in [-0.2, -0.15) is 0 Å². The van der Waals surface area contributed by atoms with E-state index in [9.17, 15) is 9.59 Å². The van der Waals surface area contributed by atoms with E-state index >= 15 is 0 Å². The van der Waals surface area contributed by atoms with Crippen LogP contribution in [0.1, 0.15) is 25.0 Å². The number of amides is 2. The SMILES string of the molecule is CC(=O)N(Cc1ccc(Cl)cc1/C(N)=N/O)C(C)=O. The number of imide groups is 1. The second-order valence-electron chi connectivity index (χ2n) is 3.91. The Kier molecular flexibility index (Phi) is 4.88. The summed E-state index contributed by atoms with van der Waals surface area (Å²) in [6, 6.07) is 4.72. The molecule has 0 fully saturated rings. The van der Waals surface area contributed by atoms with Gasteiger partial charge in [0.1, 0.15) is 0 Å². The Morgan fingerprint density at radius 3 is 2.42 bits per heavy atom. The van der Waals surface area contributed by atoms with Crippen LogP contribution in [-0.2, 0) is 16.1 Å². The minimum Gasteiger partial charge on any atom is -0.409 e. The summed E-state index contributed by atoms with van der Waals surface area (Å²) in [6.45, 7) is 2.62. The molecule has 0 bridgehead atoms. The smallest absolute Gasteiger partial charge is 0.226 e. The fourth-order valence-electron chi connectivity index (χ4n) is 1.59. The van der Waals surface area contributed by atoms with Gasteiger partial charge in [0, 0.05) is 24.4 Å². The van der Waals surface area contributed by atoms with E-state index < -0.39 is 0 Å².